The van der Waals surface area contributed by atoms with Crippen molar-refractivity contribution in [3.05, 3.63) is 44.4 Å². The summed E-state index contributed by atoms with van der Waals surface area (Å²) >= 11 is 12.0. The van der Waals surface area contributed by atoms with Crippen LogP contribution in [-0.2, 0) is 13.1 Å². The van der Waals surface area contributed by atoms with Gasteiger partial charge in [0, 0.05) is 18.7 Å². The van der Waals surface area contributed by atoms with Crippen LogP contribution in [0.2, 0.25) is 10.0 Å². The van der Waals surface area contributed by atoms with Crippen LogP contribution < -0.4 is 5.32 Å². The molecular formula is C11H11Cl2N5O2. The summed E-state index contributed by atoms with van der Waals surface area (Å²) in [5.41, 5.74) is 0.284. The topological polar surface area (TPSA) is 85.9 Å². The highest BCUT2D eigenvalue weighted by molar-refractivity contribution is 6.39. The van der Waals surface area contributed by atoms with E-state index in [4.69, 9.17) is 23.2 Å². The summed E-state index contributed by atoms with van der Waals surface area (Å²) in [6, 6.07) is 2.50. The molecule has 7 nitrogen and oxygen atoms in total. The van der Waals surface area contributed by atoms with Gasteiger partial charge in [0.1, 0.15) is 6.33 Å². The largest absolute Gasteiger partial charge is 0.375 e. The molecule has 0 saturated heterocycles. The van der Waals surface area contributed by atoms with E-state index in [1.165, 1.54) is 12.1 Å². The molecule has 9 heteroatoms. The molecule has 1 N–H and O–H groups in total. The van der Waals surface area contributed by atoms with E-state index < -0.39 is 4.92 Å². The molecule has 106 valence electrons. The van der Waals surface area contributed by atoms with Gasteiger partial charge in [0.2, 0.25) is 0 Å². The Morgan fingerprint density at radius 2 is 2.05 bits per heavy atom. The Hall–Kier alpha value is -1.86. The zero-order valence-electron chi connectivity index (χ0n) is 10.5. The van der Waals surface area contributed by atoms with Gasteiger partial charge in [-0.25, -0.2) is 0 Å². The summed E-state index contributed by atoms with van der Waals surface area (Å²) in [4.78, 5) is 10.1. The average Bonchev–Trinajstić information content (AvgIpc) is 2.84. The maximum Gasteiger partial charge on any atom is 0.272 e. The number of nitrogens with one attached hydrogen (secondary N) is 1. The van der Waals surface area contributed by atoms with E-state index >= 15 is 0 Å². The Balaban J connectivity index is 2.20. The molecule has 0 fully saturated rings. The number of nitrogens with zero attached hydrogens (tertiary/aromatic N) is 4. The number of halogens is 2. The molecule has 20 heavy (non-hydrogen) atoms. The van der Waals surface area contributed by atoms with Crippen molar-refractivity contribution < 1.29 is 4.92 Å². The molecule has 0 unspecified atom stereocenters. The Labute approximate surface area is 124 Å². The van der Waals surface area contributed by atoms with Crippen molar-refractivity contribution in [2.75, 3.05) is 5.32 Å². The van der Waals surface area contributed by atoms with Crippen LogP contribution in [0, 0.1) is 10.1 Å². The Morgan fingerprint density at radius 3 is 2.60 bits per heavy atom. The molecule has 2 rings (SSSR count). The van der Waals surface area contributed by atoms with Gasteiger partial charge in [0.05, 0.1) is 27.2 Å². The molecule has 2 aromatic rings. The number of hydrogen-bond donors (Lipinski definition) is 1. The SMILES string of the molecule is CCn1cnnc1CNc1c(Cl)cc([N+](=O)[O-])cc1Cl. The quantitative estimate of drug-likeness (QED) is 0.676. The van der Waals surface area contributed by atoms with Gasteiger partial charge >= 0.3 is 0 Å². The number of aryl methyl sites for hydroxylation is 1. The van der Waals surface area contributed by atoms with Crippen LogP contribution in [0.3, 0.4) is 0 Å². The third-order valence-electron chi connectivity index (χ3n) is 2.70. The zero-order valence-corrected chi connectivity index (χ0v) is 12.0. The highest BCUT2D eigenvalue weighted by Gasteiger charge is 2.15. The predicted molar refractivity (Wildman–Crippen MR) is 76.1 cm³/mol. The monoisotopic (exact) mass is 315 g/mol. The van der Waals surface area contributed by atoms with E-state index in [1.54, 1.807) is 6.33 Å². The van der Waals surface area contributed by atoms with Gasteiger partial charge in [-0.1, -0.05) is 23.2 Å². The van der Waals surface area contributed by atoms with Crippen molar-refractivity contribution in [2.24, 2.45) is 0 Å². The van der Waals surface area contributed by atoms with Crippen molar-refractivity contribution in [3.8, 4) is 0 Å². The summed E-state index contributed by atoms with van der Waals surface area (Å²) in [6.45, 7) is 3.08. The molecule has 0 aliphatic rings. The molecule has 0 saturated carbocycles. The molecule has 0 aliphatic carbocycles. The fourth-order valence-electron chi connectivity index (χ4n) is 1.68. The number of benzene rings is 1. The van der Waals surface area contributed by atoms with E-state index in [9.17, 15) is 10.1 Å². The van der Waals surface area contributed by atoms with Gasteiger partial charge in [-0.3, -0.25) is 10.1 Å². The summed E-state index contributed by atoms with van der Waals surface area (Å²) in [5, 5.41) is 21.8. The number of hydrogen-bond acceptors (Lipinski definition) is 5. The normalized spacial score (nSPS) is 10.6. The predicted octanol–water partition coefficient (Wildman–Crippen LogP) is 3.13. The van der Waals surface area contributed by atoms with Crippen LogP contribution >= 0.6 is 23.2 Å². The Bertz CT molecular complexity index is 620. The van der Waals surface area contributed by atoms with Crippen molar-refractivity contribution >= 4 is 34.6 Å². The van der Waals surface area contributed by atoms with Crippen LogP contribution in [-0.4, -0.2) is 19.7 Å². The first-order valence-corrected chi connectivity index (χ1v) is 6.52. The van der Waals surface area contributed by atoms with Crippen molar-refractivity contribution in [2.45, 2.75) is 20.0 Å². The third-order valence-corrected chi connectivity index (χ3v) is 3.29. The molecular weight excluding hydrogens is 305 g/mol. The van der Waals surface area contributed by atoms with Gasteiger partial charge in [-0.15, -0.1) is 10.2 Å². The number of anilines is 1. The molecule has 0 spiro atoms. The lowest BCUT2D eigenvalue weighted by Gasteiger charge is -2.10. The molecule has 0 aliphatic heterocycles. The maximum absolute atomic E-state index is 10.7. The minimum Gasteiger partial charge on any atom is -0.375 e. The van der Waals surface area contributed by atoms with E-state index in [0.717, 1.165) is 12.4 Å². The summed E-state index contributed by atoms with van der Waals surface area (Å²) in [5.74, 6) is 0.720. The average molecular weight is 316 g/mol. The highest BCUT2D eigenvalue weighted by Crippen LogP contribution is 2.34. The minimum absolute atomic E-state index is 0.151. The molecule has 1 aromatic carbocycles. The fraction of sp³-hybridized carbons (Fsp3) is 0.273. The van der Waals surface area contributed by atoms with Crippen molar-refractivity contribution in [3.63, 3.8) is 0 Å². The second kappa shape index (κ2) is 6.06. The first-order chi connectivity index (χ1) is 9.52. The highest BCUT2D eigenvalue weighted by atomic mass is 35.5. The van der Waals surface area contributed by atoms with Gasteiger partial charge in [0.25, 0.3) is 5.69 Å². The standard InChI is InChI=1S/C11H11Cl2N5O2/c1-2-17-6-15-16-10(17)5-14-11-8(12)3-7(18(19)20)4-9(11)13/h3-4,6,14H,2,5H2,1H3. The van der Waals surface area contributed by atoms with Gasteiger partial charge in [-0.2, -0.15) is 0 Å². The van der Waals surface area contributed by atoms with E-state index in [1.807, 2.05) is 11.5 Å². The molecule has 1 heterocycles. The number of nitro benzene ring substituents is 1. The van der Waals surface area contributed by atoms with Gasteiger partial charge in [0.15, 0.2) is 5.82 Å². The third kappa shape index (κ3) is 3.00. The number of rotatable bonds is 5. The first-order valence-electron chi connectivity index (χ1n) is 5.77. The fourth-order valence-corrected chi connectivity index (χ4v) is 2.29. The molecule has 0 amide bonds. The maximum atomic E-state index is 10.7. The summed E-state index contributed by atoms with van der Waals surface area (Å²) < 4.78 is 1.86. The number of non-ortho nitro benzene ring substituents is 1. The van der Waals surface area contributed by atoms with E-state index in [-0.39, 0.29) is 15.7 Å². The minimum atomic E-state index is -0.546. The van der Waals surface area contributed by atoms with E-state index in [0.29, 0.717) is 12.2 Å². The molecule has 0 bridgehead atoms. The van der Waals surface area contributed by atoms with Crippen LogP contribution in [0.5, 0.6) is 0 Å². The second-order valence-electron chi connectivity index (χ2n) is 3.93. The van der Waals surface area contributed by atoms with Crippen LogP contribution in [0.4, 0.5) is 11.4 Å². The zero-order chi connectivity index (χ0) is 14.7. The van der Waals surface area contributed by atoms with Crippen LogP contribution in [0.1, 0.15) is 12.7 Å². The van der Waals surface area contributed by atoms with Crippen molar-refractivity contribution in [1.82, 2.24) is 14.8 Å². The van der Waals surface area contributed by atoms with E-state index in [2.05, 4.69) is 15.5 Å². The number of aromatic nitrogens is 3. The van der Waals surface area contributed by atoms with Gasteiger partial charge in [-0.05, 0) is 6.92 Å². The molecule has 0 atom stereocenters. The van der Waals surface area contributed by atoms with Crippen LogP contribution in [0.25, 0.3) is 0 Å². The molecule has 1 aromatic heterocycles. The lowest BCUT2D eigenvalue weighted by atomic mass is 10.2. The smallest absolute Gasteiger partial charge is 0.272 e. The van der Waals surface area contributed by atoms with Crippen molar-refractivity contribution in [1.29, 1.82) is 0 Å². The Kier molecular flexibility index (Phi) is 4.41. The van der Waals surface area contributed by atoms with Gasteiger partial charge < -0.3 is 9.88 Å². The number of nitro groups is 1. The Morgan fingerprint density at radius 1 is 1.40 bits per heavy atom. The first kappa shape index (κ1) is 14.5. The summed E-state index contributed by atoms with van der Waals surface area (Å²) in [7, 11) is 0. The summed E-state index contributed by atoms with van der Waals surface area (Å²) in [6.07, 6.45) is 1.62. The van der Waals surface area contributed by atoms with Crippen LogP contribution in [0.15, 0.2) is 18.5 Å². The second-order valence-corrected chi connectivity index (χ2v) is 4.74. The lowest BCUT2D eigenvalue weighted by Crippen LogP contribution is -2.08. The lowest BCUT2D eigenvalue weighted by molar-refractivity contribution is -0.384. The molecule has 0 radical (unpaired) electrons.